The van der Waals surface area contributed by atoms with Gasteiger partial charge in [-0.25, -0.2) is 0 Å². The largest absolute Gasteiger partial charge is 0.295 e. The van der Waals surface area contributed by atoms with E-state index in [1.807, 2.05) is 48.5 Å². The van der Waals surface area contributed by atoms with E-state index in [4.69, 9.17) is 0 Å². The van der Waals surface area contributed by atoms with E-state index in [2.05, 4.69) is 0 Å². The van der Waals surface area contributed by atoms with Crippen LogP contribution in [0.4, 0.5) is 0 Å². The summed E-state index contributed by atoms with van der Waals surface area (Å²) in [7, 11) is -9.92. The number of carbonyl (C=O) groups excluding carboxylic acids is 1. The van der Waals surface area contributed by atoms with Gasteiger partial charge in [0.15, 0.2) is 11.0 Å². The Hall–Kier alpha value is -4.15. The van der Waals surface area contributed by atoms with Crippen LogP contribution in [0, 0.1) is 0 Å². The van der Waals surface area contributed by atoms with Crippen LogP contribution in [0.2, 0.25) is 0 Å². The fourth-order valence-corrected chi connectivity index (χ4v) is 7.69. The summed E-state index contributed by atoms with van der Waals surface area (Å²) in [4.78, 5) is 13.1. The number of ketones is 1. The first kappa shape index (κ1) is 23.9. The Kier molecular flexibility index (Phi) is 4.87. The second kappa shape index (κ2) is 7.93. The summed E-state index contributed by atoms with van der Waals surface area (Å²) >= 11 is 0. The van der Waals surface area contributed by atoms with Gasteiger partial charge < -0.3 is 0 Å². The van der Waals surface area contributed by atoms with Gasteiger partial charge in [0.1, 0.15) is 4.90 Å². The van der Waals surface area contributed by atoms with Crippen molar-refractivity contribution in [1.82, 2.24) is 0 Å². The van der Waals surface area contributed by atoms with Crippen molar-refractivity contribution < 1.29 is 30.7 Å². The Morgan fingerprint density at radius 3 is 1.92 bits per heavy atom. The van der Waals surface area contributed by atoms with Crippen LogP contribution in [0.5, 0.6) is 0 Å². The van der Waals surface area contributed by atoms with E-state index < -0.39 is 36.2 Å². The van der Waals surface area contributed by atoms with Crippen molar-refractivity contribution in [3.8, 4) is 11.1 Å². The van der Waals surface area contributed by atoms with E-state index in [1.165, 1.54) is 12.1 Å². The lowest BCUT2D eigenvalue weighted by Crippen LogP contribution is -2.27. The molecule has 1 aliphatic rings. The standard InChI is InChI=1S/C30H18O7S2/c31-29-22-9-4-3-8-20(22)27-25-21(13-12-18-14-16-6-1-2-7-17(16)15-23(18)25)19-10-5-11-24(38(32,33)34)26(19)28(27)30(29)39(35,36)37/h1-15,30H,(H,32,33,34)(H,35,36,37). The number of benzene rings is 6. The van der Waals surface area contributed by atoms with Crippen LogP contribution < -0.4 is 0 Å². The molecule has 1 unspecified atom stereocenters. The van der Waals surface area contributed by atoms with Gasteiger partial charge in [-0.3, -0.25) is 13.9 Å². The highest BCUT2D eigenvalue weighted by Crippen LogP contribution is 2.52. The Balaban J connectivity index is 1.87. The molecule has 0 aromatic heterocycles. The van der Waals surface area contributed by atoms with Crippen LogP contribution >= 0.6 is 0 Å². The van der Waals surface area contributed by atoms with E-state index in [9.17, 15) is 30.7 Å². The molecule has 6 aromatic rings. The lowest BCUT2D eigenvalue weighted by molar-refractivity contribution is 0.0983. The lowest BCUT2D eigenvalue weighted by atomic mass is 9.77. The zero-order chi connectivity index (χ0) is 27.3. The summed E-state index contributed by atoms with van der Waals surface area (Å²) in [6, 6.07) is 26.2. The Morgan fingerprint density at radius 2 is 1.23 bits per heavy atom. The summed E-state index contributed by atoms with van der Waals surface area (Å²) in [5, 5.41) is 2.89. The zero-order valence-electron chi connectivity index (χ0n) is 20.0. The number of hydrogen-bond donors (Lipinski definition) is 2. The molecule has 0 saturated heterocycles. The van der Waals surface area contributed by atoms with Crippen molar-refractivity contribution >= 4 is 69.1 Å². The van der Waals surface area contributed by atoms with Gasteiger partial charge >= 0.3 is 0 Å². The van der Waals surface area contributed by atoms with Gasteiger partial charge in [-0.1, -0.05) is 72.8 Å². The van der Waals surface area contributed by atoms with Crippen LogP contribution in [0.3, 0.4) is 0 Å². The molecule has 0 fully saturated rings. The molecule has 39 heavy (non-hydrogen) atoms. The first-order valence-corrected chi connectivity index (χ1v) is 14.9. The fourth-order valence-electron chi connectivity index (χ4n) is 6.03. The van der Waals surface area contributed by atoms with E-state index in [1.54, 1.807) is 24.3 Å². The third kappa shape index (κ3) is 3.38. The summed E-state index contributed by atoms with van der Waals surface area (Å²) in [5.41, 5.74) is 0.662. The second-order valence-corrected chi connectivity index (χ2v) is 12.5. The highest BCUT2D eigenvalue weighted by atomic mass is 32.2. The molecule has 0 heterocycles. The van der Waals surface area contributed by atoms with Gasteiger partial charge in [-0.05, 0) is 72.6 Å². The number of rotatable bonds is 2. The lowest BCUT2D eigenvalue weighted by Gasteiger charge is -2.29. The normalized spacial score (nSPS) is 15.6. The Morgan fingerprint density at radius 1 is 0.590 bits per heavy atom. The van der Waals surface area contributed by atoms with Crippen molar-refractivity contribution in [3.63, 3.8) is 0 Å². The molecule has 0 spiro atoms. The average Bonchev–Trinajstić information content (AvgIpc) is 2.90. The molecular formula is C30H18O7S2. The van der Waals surface area contributed by atoms with Gasteiger partial charge in [-0.2, -0.15) is 16.8 Å². The Bertz CT molecular complexity index is 2300. The topological polar surface area (TPSA) is 126 Å². The zero-order valence-corrected chi connectivity index (χ0v) is 21.6. The number of fused-ring (bicyclic) bond motifs is 11. The molecule has 6 aromatic carbocycles. The van der Waals surface area contributed by atoms with Crippen molar-refractivity contribution in [2.45, 2.75) is 10.1 Å². The third-order valence-corrected chi connectivity index (χ3v) is 9.47. The average molecular weight is 555 g/mol. The van der Waals surface area contributed by atoms with Crippen LogP contribution in [-0.4, -0.2) is 31.7 Å². The van der Waals surface area contributed by atoms with E-state index >= 15 is 0 Å². The van der Waals surface area contributed by atoms with E-state index in [0.29, 0.717) is 27.3 Å². The van der Waals surface area contributed by atoms with Crippen LogP contribution in [0.1, 0.15) is 21.2 Å². The van der Waals surface area contributed by atoms with E-state index in [-0.39, 0.29) is 16.5 Å². The summed E-state index contributed by atoms with van der Waals surface area (Å²) < 4.78 is 71.5. The van der Waals surface area contributed by atoms with Crippen molar-refractivity contribution in [2.24, 2.45) is 0 Å². The highest BCUT2D eigenvalue weighted by Gasteiger charge is 2.43. The van der Waals surface area contributed by atoms with Gasteiger partial charge in [-0.15, -0.1) is 0 Å². The second-order valence-electron chi connectivity index (χ2n) is 9.66. The van der Waals surface area contributed by atoms with Crippen molar-refractivity contribution in [1.29, 1.82) is 0 Å². The quantitative estimate of drug-likeness (QED) is 0.145. The van der Waals surface area contributed by atoms with Gasteiger partial charge in [0.05, 0.1) is 0 Å². The maximum atomic E-state index is 13.7. The molecule has 0 aliphatic heterocycles. The molecular weight excluding hydrogens is 536 g/mol. The van der Waals surface area contributed by atoms with E-state index in [0.717, 1.165) is 27.6 Å². The minimum absolute atomic E-state index is 0.0930. The molecule has 0 saturated carbocycles. The van der Waals surface area contributed by atoms with Gasteiger partial charge in [0.2, 0.25) is 0 Å². The Labute approximate surface area is 222 Å². The molecule has 0 amide bonds. The maximum Gasteiger partial charge on any atom is 0.295 e. The number of Topliss-reactive ketones (excluding diaryl/α,β-unsaturated/α-hetero) is 1. The van der Waals surface area contributed by atoms with Crippen LogP contribution in [-0.2, 0) is 20.2 Å². The molecule has 0 bridgehead atoms. The molecule has 9 heteroatoms. The van der Waals surface area contributed by atoms with Crippen LogP contribution in [0.15, 0.2) is 95.9 Å². The SMILES string of the molecule is O=C1c2ccccc2-c2c(c3c(S(=O)(=O)O)cccc3c3ccc4cc5ccccc5cc4c23)C1S(=O)(=O)O. The molecule has 192 valence electrons. The monoisotopic (exact) mass is 554 g/mol. The molecule has 1 aliphatic carbocycles. The maximum absolute atomic E-state index is 13.7. The predicted molar refractivity (Wildman–Crippen MR) is 150 cm³/mol. The number of carbonyl (C=O) groups is 1. The number of hydrogen-bond acceptors (Lipinski definition) is 5. The van der Waals surface area contributed by atoms with Crippen molar-refractivity contribution in [2.75, 3.05) is 0 Å². The summed E-state index contributed by atoms with van der Waals surface area (Å²) in [5.74, 6) is -0.878. The first-order chi connectivity index (χ1) is 18.6. The minimum Gasteiger partial charge on any atom is -0.292 e. The molecule has 1 atom stereocenters. The molecule has 7 nitrogen and oxygen atoms in total. The first-order valence-electron chi connectivity index (χ1n) is 12.0. The smallest absolute Gasteiger partial charge is 0.292 e. The van der Waals surface area contributed by atoms with Crippen molar-refractivity contribution in [3.05, 3.63) is 102 Å². The summed E-state index contributed by atoms with van der Waals surface area (Å²) in [6.45, 7) is 0. The molecule has 2 N–H and O–H groups in total. The third-order valence-electron chi connectivity index (χ3n) is 7.53. The highest BCUT2D eigenvalue weighted by molar-refractivity contribution is 7.87. The molecule has 0 radical (unpaired) electrons. The van der Waals surface area contributed by atoms with Gasteiger partial charge in [0, 0.05) is 10.9 Å². The molecule has 7 rings (SSSR count). The minimum atomic E-state index is -5.07. The predicted octanol–water partition coefficient (Wildman–Crippen LogP) is 6.34. The van der Waals surface area contributed by atoms with Crippen LogP contribution in [0.25, 0.3) is 54.2 Å². The van der Waals surface area contributed by atoms with Gasteiger partial charge in [0.25, 0.3) is 20.2 Å². The fraction of sp³-hybridized carbons (Fsp3) is 0.0333. The summed E-state index contributed by atoms with van der Waals surface area (Å²) in [6.07, 6.45) is 0.